The molecule has 0 aliphatic carbocycles. The largest absolute Gasteiger partial charge is 0.497 e. The summed E-state index contributed by atoms with van der Waals surface area (Å²) in [4.78, 5) is 14.8. The molecule has 1 amide bonds. The zero-order valence-corrected chi connectivity index (χ0v) is 16.0. The molecule has 0 atom stereocenters. The Labute approximate surface area is 159 Å². The van der Waals surface area contributed by atoms with Crippen molar-refractivity contribution in [2.24, 2.45) is 0 Å². The van der Waals surface area contributed by atoms with Crippen LogP contribution in [-0.2, 0) is 0 Å². The molecule has 27 heavy (non-hydrogen) atoms. The summed E-state index contributed by atoms with van der Waals surface area (Å²) in [5, 5.41) is 6.83. The molecule has 2 heterocycles. The summed E-state index contributed by atoms with van der Waals surface area (Å²) in [6, 6.07) is 7.01. The van der Waals surface area contributed by atoms with E-state index in [1.807, 2.05) is 0 Å². The number of likely N-dealkylation sites (tertiary alicyclic amines) is 1. The molecule has 146 valence electrons. The molecule has 2 aromatic rings. The summed E-state index contributed by atoms with van der Waals surface area (Å²) >= 11 is 0. The standard InChI is InChI=1S/C20H27N3O4/c1-25-15-7-8-18(26-2)16(13-15)19-14-17(22-27-19)20(24)21-9-12-23-10-5-3-4-6-11-23/h7-8,13-14H,3-6,9-12H2,1-2H3,(H,21,24). The van der Waals surface area contributed by atoms with Crippen molar-refractivity contribution in [3.8, 4) is 22.8 Å². The van der Waals surface area contributed by atoms with Gasteiger partial charge in [-0.05, 0) is 44.1 Å². The van der Waals surface area contributed by atoms with Crippen LogP contribution < -0.4 is 14.8 Å². The van der Waals surface area contributed by atoms with Gasteiger partial charge in [0.1, 0.15) is 11.5 Å². The number of carbonyl (C=O) groups excluding carboxylic acids is 1. The number of hydrogen-bond acceptors (Lipinski definition) is 6. The summed E-state index contributed by atoms with van der Waals surface area (Å²) in [5.41, 5.74) is 0.943. The minimum atomic E-state index is -0.235. The third kappa shape index (κ3) is 5.01. The van der Waals surface area contributed by atoms with Gasteiger partial charge in [-0.3, -0.25) is 4.79 Å². The second-order valence-corrected chi connectivity index (χ2v) is 6.65. The second-order valence-electron chi connectivity index (χ2n) is 6.65. The average molecular weight is 373 g/mol. The number of rotatable bonds is 7. The minimum absolute atomic E-state index is 0.235. The molecule has 7 heteroatoms. The molecule has 1 aliphatic heterocycles. The van der Waals surface area contributed by atoms with Crippen LogP contribution in [0.4, 0.5) is 0 Å². The van der Waals surface area contributed by atoms with Crippen LogP contribution in [0.1, 0.15) is 36.2 Å². The number of amides is 1. The van der Waals surface area contributed by atoms with Crippen LogP contribution in [0.5, 0.6) is 11.5 Å². The number of ether oxygens (including phenoxy) is 2. The van der Waals surface area contributed by atoms with Gasteiger partial charge in [-0.2, -0.15) is 0 Å². The minimum Gasteiger partial charge on any atom is -0.497 e. The van der Waals surface area contributed by atoms with Crippen LogP contribution in [0.2, 0.25) is 0 Å². The highest BCUT2D eigenvalue weighted by Gasteiger charge is 2.17. The number of methoxy groups -OCH3 is 2. The van der Waals surface area contributed by atoms with Crippen molar-refractivity contribution >= 4 is 5.91 Å². The highest BCUT2D eigenvalue weighted by atomic mass is 16.5. The fourth-order valence-electron chi connectivity index (χ4n) is 3.29. The monoisotopic (exact) mass is 373 g/mol. The first-order chi connectivity index (χ1) is 13.2. The highest BCUT2D eigenvalue weighted by Crippen LogP contribution is 2.33. The van der Waals surface area contributed by atoms with E-state index in [9.17, 15) is 4.79 Å². The fraction of sp³-hybridized carbons (Fsp3) is 0.500. The molecule has 1 N–H and O–H groups in total. The third-order valence-electron chi connectivity index (χ3n) is 4.83. The van der Waals surface area contributed by atoms with Crippen LogP contribution in [0, 0.1) is 0 Å². The summed E-state index contributed by atoms with van der Waals surface area (Å²) < 4.78 is 16.0. The first-order valence-electron chi connectivity index (χ1n) is 9.41. The van der Waals surface area contributed by atoms with Gasteiger partial charge in [0.2, 0.25) is 0 Å². The van der Waals surface area contributed by atoms with E-state index in [0.29, 0.717) is 29.4 Å². The van der Waals surface area contributed by atoms with Gasteiger partial charge >= 0.3 is 0 Å². The molecule has 3 rings (SSSR count). The van der Waals surface area contributed by atoms with E-state index in [0.717, 1.165) is 19.6 Å². The molecule has 1 fully saturated rings. The average Bonchev–Trinajstić information content (AvgIpc) is 3.05. The predicted molar refractivity (Wildman–Crippen MR) is 102 cm³/mol. The second kappa shape index (κ2) is 9.41. The summed E-state index contributed by atoms with van der Waals surface area (Å²) in [6.07, 6.45) is 5.09. The first kappa shape index (κ1) is 19.2. The zero-order valence-electron chi connectivity index (χ0n) is 16.0. The molecular formula is C20H27N3O4. The Hall–Kier alpha value is -2.54. The number of benzene rings is 1. The Kier molecular flexibility index (Phi) is 6.70. The van der Waals surface area contributed by atoms with Gasteiger partial charge in [0.05, 0.1) is 19.8 Å². The van der Waals surface area contributed by atoms with Gasteiger partial charge < -0.3 is 24.2 Å². The quantitative estimate of drug-likeness (QED) is 0.804. The zero-order chi connectivity index (χ0) is 19.1. The topological polar surface area (TPSA) is 76.8 Å². The van der Waals surface area contributed by atoms with Crippen LogP contribution in [0.15, 0.2) is 28.8 Å². The van der Waals surface area contributed by atoms with Crippen LogP contribution >= 0.6 is 0 Å². The Morgan fingerprint density at radius 3 is 2.63 bits per heavy atom. The van der Waals surface area contributed by atoms with Crippen LogP contribution in [0.3, 0.4) is 0 Å². The molecule has 7 nitrogen and oxygen atoms in total. The van der Waals surface area contributed by atoms with Crippen molar-refractivity contribution in [1.82, 2.24) is 15.4 Å². The number of hydrogen-bond donors (Lipinski definition) is 1. The summed E-state index contributed by atoms with van der Waals surface area (Å²) in [6.45, 7) is 3.68. The van der Waals surface area contributed by atoms with Crippen molar-refractivity contribution < 1.29 is 18.8 Å². The Bertz CT molecular complexity index is 751. The van der Waals surface area contributed by atoms with Crippen molar-refractivity contribution in [1.29, 1.82) is 0 Å². The van der Waals surface area contributed by atoms with Crippen molar-refractivity contribution in [2.45, 2.75) is 25.7 Å². The predicted octanol–water partition coefficient (Wildman–Crippen LogP) is 2.96. The first-order valence-corrected chi connectivity index (χ1v) is 9.41. The van der Waals surface area contributed by atoms with E-state index in [1.165, 1.54) is 25.7 Å². The Balaban J connectivity index is 1.60. The molecule has 1 aromatic carbocycles. The normalized spacial score (nSPS) is 15.2. The molecule has 1 saturated heterocycles. The third-order valence-corrected chi connectivity index (χ3v) is 4.83. The molecule has 0 radical (unpaired) electrons. The maximum Gasteiger partial charge on any atom is 0.273 e. The maximum absolute atomic E-state index is 12.4. The Morgan fingerprint density at radius 1 is 1.15 bits per heavy atom. The lowest BCUT2D eigenvalue weighted by Crippen LogP contribution is -2.35. The summed E-state index contributed by atoms with van der Waals surface area (Å²) in [7, 11) is 3.17. The lowest BCUT2D eigenvalue weighted by molar-refractivity contribution is 0.0939. The lowest BCUT2D eigenvalue weighted by Gasteiger charge is -2.19. The van der Waals surface area contributed by atoms with E-state index in [4.69, 9.17) is 14.0 Å². The number of aromatic nitrogens is 1. The fourth-order valence-corrected chi connectivity index (χ4v) is 3.29. The number of carbonyl (C=O) groups is 1. The lowest BCUT2D eigenvalue weighted by atomic mass is 10.1. The van der Waals surface area contributed by atoms with Gasteiger partial charge in [-0.1, -0.05) is 18.0 Å². The van der Waals surface area contributed by atoms with E-state index in [1.54, 1.807) is 38.5 Å². The van der Waals surface area contributed by atoms with Gasteiger partial charge in [-0.25, -0.2) is 0 Å². The summed E-state index contributed by atoms with van der Waals surface area (Å²) in [5.74, 6) is 1.52. The van der Waals surface area contributed by atoms with Crippen molar-refractivity contribution in [2.75, 3.05) is 40.4 Å². The molecular weight excluding hydrogens is 346 g/mol. The van der Waals surface area contributed by atoms with Gasteiger partial charge in [0.25, 0.3) is 5.91 Å². The number of nitrogens with zero attached hydrogens (tertiary/aromatic N) is 2. The van der Waals surface area contributed by atoms with E-state index in [2.05, 4.69) is 15.4 Å². The molecule has 0 unspecified atom stereocenters. The van der Waals surface area contributed by atoms with Crippen molar-refractivity contribution in [3.63, 3.8) is 0 Å². The molecule has 0 spiro atoms. The van der Waals surface area contributed by atoms with E-state index < -0.39 is 0 Å². The molecule has 0 saturated carbocycles. The molecule has 0 bridgehead atoms. The SMILES string of the molecule is COc1ccc(OC)c(-c2cc(C(=O)NCCN3CCCCCC3)no2)c1. The van der Waals surface area contributed by atoms with Gasteiger partial charge in [-0.15, -0.1) is 0 Å². The smallest absolute Gasteiger partial charge is 0.273 e. The van der Waals surface area contributed by atoms with E-state index in [-0.39, 0.29) is 11.6 Å². The molecule has 1 aliphatic rings. The maximum atomic E-state index is 12.4. The van der Waals surface area contributed by atoms with Crippen molar-refractivity contribution in [3.05, 3.63) is 30.0 Å². The number of nitrogens with one attached hydrogen (secondary N) is 1. The van der Waals surface area contributed by atoms with Gasteiger partial charge in [0.15, 0.2) is 11.5 Å². The van der Waals surface area contributed by atoms with Crippen LogP contribution in [-0.4, -0.2) is 56.4 Å². The Morgan fingerprint density at radius 2 is 1.93 bits per heavy atom. The highest BCUT2D eigenvalue weighted by molar-refractivity contribution is 5.93. The van der Waals surface area contributed by atoms with E-state index >= 15 is 0 Å². The molecule has 1 aromatic heterocycles. The van der Waals surface area contributed by atoms with Crippen LogP contribution in [0.25, 0.3) is 11.3 Å². The van der Waals surface area contributed by atoms with Gasteiger partial charge in [0, 0.05) is 19.2 Å².